The van der Waals surface area contributed by atoms with Crippen LogP contribution < -0.4 is 28.7 Å². The number of methoxy groups -OCH3 is 1. The van der Waals surface area contributed by atoms with Gasteiger partial charge in [-0.25, -0.2) is 4.79 Å². The van der Waals surface area contributed by atoms with Crippen LogP contribution in [0.15, 0.2) is 103 Å². The minimum absolute atomic E-state index is 0.378. The number of fused-ring (bicyclic) bond motifs is 6. The van der Waals surface area contributed by atoms with Gasteiger partial charge in [-0.15, -0.1) is 0 Å². The predicted octanol–water partition coefficient (Wildman–Crippen LogP) is 10.2. The van der Waals surface area contributed by atoms with Gasteiger partial charge in [-0.3, -0.25) is 0 Å². The highest BCUT2D eigenvalue weighted by Gasteiger charge is 2.54. The Bertz CT molecular complexity index is 1970. The van der Waals surface area contributed by atoms with E-state index in [4.69, 9.17) is 23.7 Å². The monoisotopic (exact) mass is 684 g/mol. The molecule has 51 heavy (non-hydrogen) atoms. The maximum absolute atomic E-state index is 13.7. The fourth-order valence-corrected chi connectivity index (χ4v) is 7.05. The minimum Gasteiger partial charge on any atom is -0.494 e. The summed E-state index contributed by atoms with van der Waals surface area (Å²) in [5.41, 5.74) is 5.07. The van der Waals surface area contributed by atoms with Crippen LogP contribution in [-0.2, 0) is 10.3 Å². The molecule has 0 aromatic heterocycles. The zero-order valence-electron chi connectivity index (χ0n) is 29.9. The van der Waals surface area contributed by atoms with Crippen molar-refractivity contribution in [3.63, 3.8) is 0 Å². The standard InChI is InChI=1S/C43H44N2O6/c1-6-24-48-32-19-14-29(15-20-32)45(30-16-21-33(22-17-30)49-25-7-2)38-27-37-40(28-41(38)47-5)50-39-26-31(44(8-3)9-4)18-23-36(39)43(37)35-13-11-10-12-34(35)42(46)51-43/h10-23,26-28H,6-9,24-25H2,1-5H3. The Hall–Kier alpha value is -5.63. The second kappa shape index (κ2) is 14.3. The van der Waals surface area contributed by atoms with Gasteiger partial charge in [-0.2, -0.15) is 0 Å². The number of carbonyl (C=O) groups excluding carboxylic acids is 1. The summed E-state index contributed by atoms with van der Waals surface area (Å²) < 4.78 is 31.3. The van der Waals surface area contributed by atoms with Gasteiger partial charge in [0, 0.05) is 59.0 Å². The number of nitrogens with zero attached hydrogens (tertiary/aromatic N) is 2. The molecule has 5 aromatic rings. The van der Waals surface area contributed by atoms with Crippen molar-refractivity contribution in [3.05, 3.63) is 125 Å². The highest BCUT2D eigenvalue weighted by atomic mass is 16.6. The first-order valence-electron chi connectivity index (χ1n) is 17.8. The summed E-state index contributed by atoms with van der Waals surface area (Å²) in [6.07, 6.45) is 1.84. The third-order valence-corrected chi connectivity index (χ3v) is 9.50. The molecule has 7 rings (SSSR count). The van der Waals surface area contributed by atoms with E-state index in [-0.39, 0.29) is 5.97 Å². The topological polar surface area (TPSA) is 69.7 Å². The lowest BCUT2D eigenvalue weighted by Crippen LogP contribution is -2.33. The van der Waals surface area contributed by atoms with Crippen LogP contribution in [0.5, 0.6) is 28.7 Å². The fraction of sp³-hybridized carbons (Fsp3) is 0.279. The van der Waals surface area contributed by atoms with Crippen molar-refractivity contribution in [2.75, 3.05) is 43.2 Å². The zero-order chi connectivity index (χ0) is 35.5. The third-order valence-electron chi connectivity index (χ3n) is 9.50. The van der Waals surface area contributed by atoms with Crippen molar-refractivity contribution in [1.82, 2.24) is 0 Å². The molecule has 1 unspecified atom stereocenters. The van der Waals surface area contributed by atoms with Crippen LogP contribution in [0.4, 0.5) is 22.7 Å². The summed E-state index contributed by atoms with van der Waals surface area (Å²) >= 11 is 0. The van der Waals surface area contributed by atoms with Crippen molar-refractivity contribution < 1.29 is 28.5 Å². The average molecular weight is 685 g/mol. The first-order valence-corrected chi connectivity index (χ1v) is 17.8. The summed E-state index contributed by atoms with van der Waals surface area (Å²) in [6, 6.07) is 33.8. The van der Waals surface area contributed by atoms with E-state index in [0.29, 0.717) is 41.6 Å². The number of anilines is 4. The van der Waals surface area contributed by atoms with E-state index in [1.807, 2.05) is 97.1 Å². The molecule has 0 N–H and O–H groups in total. The van der Waals surface area contributed by atoms with Gasteiger partial charge in [-0.05, 0) is 99.5 Å². The second-order valence-corrected chi connectivity index (χ2v) is 12.6. The molecule has 0 radical (unpaired) electrons. The Morgan fingerprint density at radius 1 is 0.647 bits per heavy atom. The largest absolute Gasteiger partial charge is 0.494 e. The molecule has 262 valence electrons. The van der Waals surface area contributed by atoms with Crippen LogP contribution in [0.25, 0.3) is 0 Å². The van der Waals surface area contributed by atoms with Crippen LogP contribution in [0.3, 0.4) is 0 Å². The van der Waals surface area contributed by atoms with Crippen LogP contribution in [0.1, 0.15) is 67.6 Å². The van der Waals surface area contributed by atoms with E-state index in [1.165, 1.54) is 0 Å². The molecular formula is C43H44N2O6. The number of rotatable bonds is 13. The molecule has 0 amide bonds. The van der Waals surface area contributed by atoms with E-state index in [1.54, 1.807) is 7.11 Å². The van der Waals surface area contributed by atoms with Gasteiger partial charge in [0.15, 0.2) is 5.60 Å². The quantitative estimate of drug-likeness (QED) is 0.114. The van der Waals surface area contributed by atoms with Gasteiger partial charge >= 0.3 is 5.97 Å². The van der Waals surface area contributed by atoms with Crippen molar-refractivity contribution in [3.8, 4) is 28.7 Å². The van der Waals surface area contributed by atoms with Gasteiger partial charge in [-0.1, -0.05) is 32.0 Å². The number of hydrogen-bond acceptors (Lipinski definition) is 8. The molecular weight excluding hydrogens is 640 g/mol. The van der Waals surface area contributed by atoms with E-state index < -0.39 is 5.60 Å². The van der Waals surface area contributed by atoms with Gasteiger partial charge in [0.05, 0.1) is 31.6 Å². The Kier molecular flexibility index (Phi) is 9.50. The molecule has 2 aliphatic heterocycles. The van der Waals surface area contributed by atoms with Gasteiger partial charge in [0.2, 0.25) is 0 Å². The molecule has 5 aromatic carbocycles. The first kappa shape index (κ1) is 33.8. The van der Waals surface area contributed by atoms with Crippen LogP contribution in [-0.4, -0.2) is 39.4 Å². The Balaban J connectivity index is 1.44. The molecule has 0 saturated heterocycles. The fourth-order valence-electron chi connectivity index (χ4n) is 7.05. The van der Waals surface area contributed by atoms with Crippen molar-refractivity contribution in [1.29, 1.82) is 0 Å². The van der Waals surface area contributed by atoms with Gasteiger partial charge < -0.3 is 33.5 Å². The van der Waals surface area contributed by atoms with E-state index in [0.717, 1.165) is 71.3 Å². The zero-order valence-corrected chi connectivity index (χ0v) is 29.9. The maximum Gasteiger partial charge on any atom is 0.340 e. The number of carbonyl (C=O) groups is 1. The van der Waals surface area contributed by atoms with E-state index in [2.05, 4.69) is 43.6 Å². The minimum atomic E-state index is -1.25. The number of ether oxygens (including phenoxy) is 5. The molecule has 0 fully saturated rings. The van der Waals surface area contributed by atoms with E-state index in [9.17, 15) is 4.79 Å². The summed E-state index contributed by atoms with van der Waals surface area (Å²) in [7, 11) is 1.66. The molecule has 2 aliphatic rings. The number of hydrogen-bond donors (Lipinski definition) is 0. The molecule has 8 heteroatoms. The Morgan fingerprint density at radius 3 is 1.82 bits per heavy atom. The first-order chi connectivity index (χ1) is 24.9. The second-order valence-electron chi connectivity index (χ2n) is 12.6. The van der Waals surface area contributed by atoms with Gasteiger partial charge in [0.25, 0.3) is 0 Å². The van der Waals surface area contributed by atoms with Crippen molar-refractivity contribution in [2.24, 2.45) is 0 Å². The number of benzene rings is 5. The molecule has 8 nitrogen and oxygen atoms in total. The summed E-state index contributed by atoms with van der Waals surface area (Å²) in [6.45, 7) is 11.4. The molecule has 2 heterocycles. The lowest BCUT2D eigenvalue weighted by atomic mass is 9.77. The Labute approximate surface area is 300 Å². The third kappa shape index (κ3) is 5.98. The van der Waals surface area contributed by atoms with Gasteiger partial charge in [0.1, 0.15) is 28.7 Å². The predicted molar refractivity (Wildman–Crippen MR) is 201 cm³/mol. The molecule has 0 saturated carbocycles. The Morgan fingerprint density at radius 2 is 1.24 bits per heavy atom. The van der Waals surface area contributed by atoms with Crippen molar-refractivity contribution >= 4 is 28.7 Å². The van der Waals surface area contributed by atoms with E-state index >= 15 is 0 Å². The van der Waals surface area contributed by atoms with Crippen LogP contribution >= 0.6 is 0 Å². The number of esters is 1. The highest BCUT2D eigenvalue weighted by molar-refractivity contribution is 5.97. The lowest BCUT2D eigenvalue weighted by Gasteiger charge is -2.38. The SMILES string of the molecule is CCCOc1ccc(N(c2ccc(OCCC)cc2)c2cc3c(cc2OC)Oc2cc(N(CC)CC)ccc2C32OC(=O)c3ccccc32)cc1. The average Bonchev–Trinajstić information content (AvgIpc) is 3.46. The smallest absolute Gasteiger partial charge is 0.340 e. The summed E-state index contributed by atoms with van der Waals surface area (Å²) in [4.78, 5) is 18.1. The van der Waals surface area contributed by atoms with Crippen LogP contribution in [0, 0.1) is 0 Å². The highest BCUT2D eigenvalue weighted by Crippen LogP contribution is 2.59. The lowest BCUT2D eigenvalue weighted by molar-refractivity contribution is 0.0224. The summed E-state index contributed by atoms with van der Waals surface area (Å²) in [5, 5.41) is 0. The summed E-state index contributed by atoms with van der Waals surface area (Å²) in [5.74, 6) is 2.98. The molecule has 0 bridgehead atoms. The van der Waals surface area contributed by atoms with Crippen molar-refractivity contribution in [2.45, 2.75) is 46.1 Å². The normalized spacial score (nSPS) is 15.3. The molecule has 0 aliphatic carbocycles. The van der Waals surface area contributed by atoms with Crippen LogP contribution in [0.2, 0.25) is 0 Å². The molecule has 1 spiro atoms. The maximum atomic E-state index is 13.7. The molecule has 1 atom stereocenters.